The highest BCUT2D eigenvalue weighted by atomic mass is 16.6. The first-order valence-electron chi connectivity index (χ1n) is 19.0. The van der Waals surface area contributed by atoms with Crippen LogP contribution >= 0.6 is 0 Å². The molecule has 0 atom stereocenters. The van der Waals surface area contributed by atoms with Crippen LogP contribution in [0, 0.1) is 0 Å². The molecule has 1 aromatic carbocycles. The van der Waals surface area contributed by atoms with Crippen LogP contribution in [0.3, 0.4) is 0 Å². The molecule has 6 rings (SSSR count). The van der Waals surface area contributed by atoms with Crippen molar-refractivity contribution in [3.05, 3.63) is 48.9 Å². The minimum atomic E-state index is -0.530. The molecule has 0 unspecified atom stereocenters. The molecule has 1 amide bonds. The summed E-state index contributed by atoms with van der Waals surface area (Å²) >= 11 is 0. The third kappa shape index (κ3) is 12.3. The van der Waals surface area contributed by atoms with Gasteiger partial charge in [-0.1, -0.05) is 0 Å². The Kier molecular flexibility index (Phi) is 14.6. The van der Waals surface area contributed by atoms with Crippen LogP contribution in [0.15, 0.2) is 53.3 Å². The summed E-state index contributed by atoms with van der Waals surface area (Å²) < 4.78 is 41.3. The first-order valence-corrected chi connectivity index (χ1v) is 19.0. The van der Waals surface area contributed by atoms with Gasteiger partial charge >= 0.3 is 5.97 Å². The molecule has 1 aliphatic heterocycles. The quantitative estimate of drug-likeness (QED) is 0.0759. The maximum absolute atomic E-state index is 12.3. The average molecular weight is 793 g/mol. The molecule has 0 spiro atoms. The number of nitrogens with zero attached hydrogens (tertiary/aromatic N) is 8. The Hall–Kier alpha value is -5.34. The fraction of sp³-hybridized carbons (Fsp3) is 0.526. The van der Waals surface area contributed by atoms with E-state index >= 15 is 0 Å². The molecule has 0 radical (unpaired) electrons. The first kappa shape index (κ1) is 41.3. The average Bonchev–Trinajstić information content (AvgIpc) is 3.97. The number of furan rings is 1. The molecule has 5 aromatic rings. The van der Waals surface area contributed by atoms with Crippen molar-refractivity contribution in [2.75, 3.05) is 109 Å². The fourth-order valence-corrected chi connectivity index (χ4v) is 6.00. The Labute approximate surface area is 330 Å². The third-order valence-electron chi connectivity index (χ3n) is 8.74. The predicted molar refractivity (Wildman–Crippen MR) is 209 cm³/mol. The number of carbonyl (C=O) groups excluding carboxylic acids is 2. The number of esters is 1. The third-order valence-corrected chi connectivity index (χ3v) is 8.74. The number of piperazine rings is 1. The van der Waals surface area contributed by atoms with Crippen molar-refractivity contribution in [2.24, 2.45) is 0 Å². The fourth-order valence-electron chi connectivity index (χ4n) is 6.00. The molecule has 3 N–H and O–H groups in total. The summed E-state index contributed by atoms with van der Waals surface area (Å²) in [6.07, 6.45) is 3.33. The number of amides is 1. The number of hydrogen-bond acceptors (Lipinski definition) is 16. The second-order valence-corrected chi connectivity index (χ2v) is 14.2. The molecule has 19 nitrogen and oxygen atoms in total. The van der Waals surface area contributed by atoms with Gasteiger partial charge in [0.1, 0.15) is 18.0 Å². The summed E-state index contributed by atoms with van der Waals surface area (Å²) in [7, 11) is 0. The number of anilines is 2. The molecule has 4 aromatic heterocycles. The van der Waals surface area contributed by atoms with Crippen molar-refractivity contribution in [1.82, 2.24) is 39.6 Å². The van der Waals surface area contributed by atoms with Crippen molar-refractivity contribution in [3.8, 4) is 17.3 Å². The van der Waals surface area contributed by atoms with Gasteiger partial charge in [0, 0.05) is 45.0 Å². The van der Waals surface area contributed by atoms with Gasteiger partial charge in [0.2, 0.25) is 11.8 Å². The van der Waals surface area contributed by atoms with E-state index in [9.17, 15) is 9.59 Å². The summed E-state index contributed by atoms with van der Waals surface area (Å²) in [5.41, 5.74) is 8.08. The number of aromatic nitrogens is 6. The Morgan fingerprint density at radius 3 is 2.23 bits per heavy atom. The lowest BCUT2D eigenvalue weighted by molar-refractivity contribution is -0.160. The Morgan fingerprint density at radius 1 is 0.842 bits per heavy atom. The molecule has 308 valence electrons. The lowest BCUT2D eigenvalue weighted by atomic mass is 10.2. The zero-order chi connectivity index (χ0) is 40.0. The lowest BCUT2D eigenvalue weighted by Crippen LogP contribution is -2.47. The molecule has 1 fully saturated rings. The van der Waals surface area contributed by atoms with Gasteiger partial charge < -0.3 is 48.8 Å². The number of nitrogen functional groups attached to an aromatic ring is 1. The molecule has 0 bridgehead atoms. The summed E-state index contributed by atoms with van der Waals surface area (Å²) in [6, 6.07) is 11.4. The highest BCUT2D eigenvalue weighted by Gasteiger charge is 2.21. The normalized spacial score (nSPS) is 13.8. The van der Waals surface area contributed by atoms with E-state index in [1.165, 1.54) is 4.52 Å². The number of nitrogens with one attached hydrogen (secondary N) is 1. The number of rotatable bonds is 22. The SMILES string of the molecule is CC(C)(C)OC(=O)COCCOCCOCCOCCNC(=O)COc1ccc(N2CCN(CCn3ncc4c3nc(N)n3nc(-c5ccco5)nc43)CC2)cc1. The minimum Gasteiger partial charge on any atom is -0.484 e. The van der Waals surface area contributed by atoms with Crippen LogP contribution in [0.4, 0.5) is 11.6 Å². The summed E-state index contributed by atoms with van der Waals surface area (Å²) in [5.74, 6) is 1.22. The number of benzene rings is 1. The van der Waals surface area contributed by atoms with Crippen molar-refractivity contribution in [1.29, 1.82) is 0 Å². The molecule has 57 heavy (non-hydrogen) atoms. The van der Waals surface area contributed by atoms with E-state index in [-0.39, 0.29) is 25.1 Å². The van der Waals surface area contributed by atoms with Crippen molar-refractivity contribution < 1.29 is 42.4 Å². The molecular formula is C38H52N10O9. The van der Waals surface area contributed by atoms with Crippen molar-refractivity contribution >= 4 is 40.2 Å². The molecule has 0 aliphatic carbocycles. The Balaban J connectivity index is 0.788. The van der Waals surface area contributed by atoms with Crippen LogP contribution in [0.2, 0.25) is 0 Å². The summed E-state index contributed by atoms with van der Waals surface area (Å²) in [4.78, 5) is 37.8. The molecule has 5 heterocycles. The molecule has 19 heteroatoms. The highest BCUT2D eigenvalue weighted by molar-refractivity contribution is 5.90. The van der Waals surface area contributed by atoms with Gasteiger partial charge in [-0.3, -0.25) is 9.69 Å². The van der Waals surface area contributed by atoms with Crippen molar-refractivity contribution in [2.45, 2.75) is 32.9 Å². The Bertz CT molecular complexity index is 2000. The van der Waals surface area contributed by atoms with Gasteiger partial charge in [0.25, 0.3) is 5.91 Å². The van der Waals surface area contributed by atoms with Gasteiger partial charge in [-0.2, -0.15) is 14.6 Å². The highest BCUT2D eigenvalue weighted by Crippen LogP contribution is 2.24. The first-order chi connectivity index (χ1) is 27.6. The van der Waals surface area contributed by atoms with Gasteiger partial charge in [-0.05, 0) is 57.2 Å². The maximum Gasteiger partial charge on any atom is 0.332 e. The largest absolute Gasteiger partial charge is 0.484 e. The standard InChI is InChI=1S/C38H52N10O9/c1-38(2,3)57-33(50)27-54-24-23-53-22-21-52-20-19-51-18-10-40-32(49)26-56-29-8-6-28(7-9-29)46-14-11-45(12-15-46)13-16-47-35-30(25-41-47)36-42-34(31-5-4-17-55-31)44-48(36)37(39)43-35/h4-9,17,25H,10-16,18-24,26-27H2,1-3H3,(H2,39,43)(H,40,49). The molecule has 0 saturated carbocycles. The van der Waals surface area contributed by atoms with Crippen molar-refractivity contribution in [3.63, 3.8) is 0 Å². The van der Waals surface area contributed by atoms with E-state index in [0.717, 1.165) is 43.8 Å². The Morgan fingerprint density at radius 2 is 1.54 bits per heavy atom. The van der Waals surface area contributed by atoms with E-state index in [4.69, 9.17) is 38.6 Å². The molecule has 1 saturated heterocycles. The number of ether oxygens (including phenoxy) is 6. The predicted octanol–water partition coefficient (Wildman–Crippen LogP) is 2.04. The number of nitrogens with two attached hydrogens (primary N) is 1. The van der Waals surface area contributed by atoms with Crippen LogP contribution in [0.1, 0.15) is 20.8 Å². The van der Waals surface area contributed by atoms with E-state index in [0.29, 0.717) is 88.0 Å². The van der Waals surface area contributed by atoms with Gasteiger partial charge in [0.05, 0.1) is 70.6 Å². The zero-order valence-electron chi connectivity index (χ0n) is 32.8. The minimum absolute atomic E-state index is 0.0866. The number of hydrogen-bond donors (Lipinski definition) is 2. The zero-order valence-corrected chi connectivity index (χ0v) is 32.8. The summed E-state index contributed by atoms with van der Waals surface area (Å²) in [6.45, 7) is 13.2. The topological polar surface area (TPSA) is 208 Å². The monoisotopic (exact) mass is 792 g/mol. The van der Waals surface area contributed by atoms with Crippen LogP contribution < -0.4 is 20.7 Å². The van der Waals surface area contributed by atoms with E-state index in [1.807, 2.05) is 28.9 Å². The van der Waals surface area contributed by atoms with Crippen LogP contribution in [0.25, 0.3) is 28.3 Å². The second kappa shape index (κ2) is 20.2. The van der Waals surface area contributed by atoms with Gasteiger partial charge in [-0.15, -0.1) is 5.10 Å². The smallest absolute Gasteiger partial charge is 0.332 e. The number of fused-ring (bicyclic) bond motifs is 3. The van der Waals surface area contributed by atoms with E-state index < -0.39 is 11.6 Å². The van der Waals surface area contributed by atoms with E-state index in [1.54, 1.807) is 45.4 Å². The van der Waals surface area contributed by atoms with Gasteiger partial charge in [0.15, 0.2) is 23.7 Å². The van der Waals surface area contributed by atoms with Crippen LogP contribution in [0.5, 0.6) is 5.75 Å². The number of carbonyl (C=O) groups is 2. The van der Waals surface area contributed by atoms with E-state index in [2.05, 4.69) is 35.3 Å². The molecular weight excluding hydrogens is 740 g/mol. The molecule has 1 aliphatic rings. The maximum atomic E-state index is 12.3. The second-order valence-electron chi connectivity index (χ2n) is 14.2. The lowest BCUT2D eigenvalue weighted by Gasteiger charge is -2.36. The van der Waals surface area contributed by atoms with Crippen LogP contribution in [-0.4, -0.2) is 150 Å². The van der Waals surface area contributed by atoms with Gasteiger partial charge in [-0.25, -0.2) is 14.5 Å². The summed E-state index contributed by atoms with van der Waals surface area (Å²) in [5, 5.41) is 12.6. The van der Waals surface area contributed by atoms with Crippen LogP contribution in [-0.2, 0) is 39.8 Å².